The van der Waals surface area contributed by atoms with E-state index in [1.807, 2.05) is 12.1 Å². The number of hydrogen-bond donors (Lipinski definition) is 2. The van der Waals surface area contributed by atoms with Gasteiger partial charge in [-0.15, -0.1) is 0 Å². The largest absolute Gasteiger partial charge is 0.479 e. The lowest BCUT2D eigenvalue weighted by atomic mass is 9.92. The summed E-state index contributed by atoms with van der Waals surface area (Å²) in [5.41, 5.74) is 1.71. The minimum Gasteiger partial charge on any atom is -0.479 e. The fraction of sp³-hybridized carbons (Fsp3) is 0.385. The average molecular weight is 265 g/mol. The maximum atomic E-state index is 12.0. The molecule has 0 radical (unpaired) electrons. The Hall–Kier alpha value is -1.49. The molecule has 2 rings (SSSR count). The number of benzene rings is 1. The Morgan fingerprint density at radius 3 is 2.72 bits per heavy atom. The number of carbonyl (C=O) groups is 2. The summed E-state index contributed by atoms with van der Waals surface area (Å²) >= 11 is 4.10. The van der Waals surface area contributed by atoms with Crippen molar-refractivity contribution in [2.45, 2.75) is 24.6 Å². The molecule has 1 amide bonds. The van der Waals surface area contributed by atoms with Gasteiger partial charge < -0.3 is 10.0 Å². The zero-order chi connectivity index (χ0) is 13.3. The smallest absolute Gasteiger partial charge is 0.331 e. The van der Waals surface area contributed by atoms with Gasteiger partial charge in [0.05, 0.1) is 5.25 Å². The van der Waals surface area contributed by atoms with Crippen LogP contribution in [0.3, 0.4) is 0 Å². The van der Waals surface area contributed by atoms with Gasteiger partial charge in [0.2, 0.25) is 5.91 Å². The Morgan fingerprint density at radius 2 is 2.11 bits per heavy atom. The highest BCUT2D eigenvalue weighted by atomic mass is 32.1. The molecule has 0 aromatic heterocycles. The third-order valence-electron chi connectivity index (χ3n) is 3.16. The van der Waals surface area contributed by atoms with Gasteiger partial charge in [-0.25, -0.2) is 4.79 Å². The molecule has 18 heavy (non-hydrogen) atoms. The van der Waals surface area contributed by atoms with Gasteiger partial charge in [0, 0.05) is 6.54 Å². The van der Waals surface area contributed by atoms with E-state index >= 15 is 0 Å². The highest BCUT2D eigenvalue weighted by Gasteiger charge is 2.36. The normalized spacial score (nSPS) is 20.1. The highest BCUT2D eigenvalue weighted by molar-refractivity contribution is 7.81. The van der Waals surface area contributed by atoms with Gasteiger partial charge in [-0.1, -0.05) is 24.3 Å². The van der Waals surface area contributed by atoms with Crippen LogP contribution >= 0.6 is 12.6 Å². The van der Waals surface area contributed by atoms with E-state index in [1.165, 1.54) is 4.90 Å². The highest BCUT2D eigenvalue weighted by Crippen LogP contribution is 2.30. The molecule has 1 aliphatic rings. The van der Waals surface area contributed by atoms with Gasteiger partial charge in [-0.2, -0.15) is 12.6 Å². The minimum atomic E-state index is -0.996. The number of thiol groups is 1. The number of rotatable bonds is 2. The van der Waals surface area contributed by atoms with Crippen LogP contribution in [0.5, 0.6) is 0 Å². The van der Waals surface area contributed by atoms with Crippen molar-refractivity contribution >= 4 is 24.5 Å². The van der Waals surface area contributed by atoms with E-state index in [1.54, 1.807) is 19.1 Å². The molecule has 96 valence electrons. The summed E-state index contributed by atoms with van der Waals surface area (Å²) < 4.78 is 0. The van der Waals surface area contributed by atoms with Crippen LogP contribution in [0, 0.1) is 0 Å². The zero-order valence-electron chi connectivity index (χ0n) is 10.0. The van der Waals surface area contributed by atoms with Crippen molar-refractivity contribution in [3.05, 3.63) is 35.4 Å². The summed E-state index contributed by atoms with van der Waals surface area (Å²) in [5.74, 6) is -1.23. The van der Waals surface area contributed by atoms with E-state index in [9.17, 15) is 14.7 Å². The van der Waals surface area contributed by atoms with E-state index in [-0.39, 0.29) is 5.91 Å². The standard InChI is InChI=1S/C13H15NO3S/c1-8(18)12(15)14-7-6-9-4-2-3-5-10(9)11(14)13(16)17/h2-5,8,11,18H,6-7H2,1H3,(H,16,17). The summed E-state index contributed by atoms with van der Waals surface area (Å²) in [7, 11) is 0. The second kappa shape index (κ2) is 5.02. The van der Waals surface area contributed by atoms with E-state index in [0.717, 1.165) is 5.56 Å². The maximum absolute atomic E-state index is 12.0. The monoisotopic (exact) mass is 265 g/mol. The van der Waals surface area contributed by atoms with E-state index in [4.69, 9.17) is 0 Å². The maximum Gasteiger partial charge on any atom is 0.331 e. The minimum absolute atomic E-state index is 0.236. The van der Waals surface area contributed by atoms with Crippen LogP contribution in [0.2, 0.25) is 0 Å². The number of carboxylic acid groups (broad SMARTS) is 1. The summed E-state index contributed by atoms with van der Waals surface area (Å²) in [6, 6.07) is 6.48. The number of aliphatic carboxylic acids is 1. The van der Waals surface area contributed by atoms with Crippen LogP contribution in [0.15, 0.2) is 24.3 Å². The molecule has 4 nitrogen and oxygen atoms in total. The molecule has 1 aliphatic heterocycles. The van der Waals surface area contributed by atoms with E-state index in [0.29, 0.717) is 18.5 Å². The van der Waals surface area contributed by atoms with Crippen molar-refractivity contribution in [1.29, 1.82) is 0 Å². The SMILES string of the molecule is CC(S)C(=O)N1CCc2ccccc2C1C(=O)O. The Bertz CT molecular complexity index is 487. The first-order valence-corrected chi connectivity index (χ1v) is 6.33. The van der Waals surface area contributed by atoms with Crippen molar-refractivity contribution in [3.8, 4) is 0 Å². The molecule has 0 aliphatic carbocycles. The van der Waals surface area contributed by atoms with Gasteiger partial charge >= 0.3 is 5.97 Å². The van der Waals surface area contributed by atoms with Crippen LogP contribution in [0.4, 0.5) is 0 Å². The topological polar surface area (TPSA) is 57.6 Å². The first-order chi connectivity index (χ1) is 8.52. The second-order valence-corrected chi connectivity index (χ2v) is 5.17. The van der Waals surface area contributed by atoms with Crippen LogP contribution in [-0.2, 0) is 16.0 Å². The summed E-state index contributed by atoms with van der Waals surface area (Å²) in [4.78, 5) is 24.8. The molecule has 0 fully saturated rings. The predicted octanol–water partition coefficient (Wildman–Crippen LogP) is 1.52. The molecule has 0 spiro atoms. The fourth-order valence-electron chi connectivity index (χ4n) is 2.31. The summed E-state index contributed by atoms with van der Waals surface area (Å²) in [5, 5.41) is 8.88. The first kappa shape index (κ1) is 13.0. The van der Waals surface area contributed by atoms with Crippen molar-refractivity contribution in [2.75, 3.05) is 6.54 Å². The van der Waals surface area contributed by atoms with Crippen LogP contribution in [-0.4, -0.2) is 33.7 Å². The lowest BCUT2D eigenvalue weighted by Crippen LogP contribution is -2.46. The number of carbonyl (C=O) groups excluding carboxylic acids is 1. The molecule has 2 atom stereocenters. The van der Waals surface area contributed by atoms with Crippen molar-refractivity contribution < 1.29 is 14.7 Å². The van der Waals surface area contributed by atoms with Gasteiger partial charge in [0.1, 0.15) is 0 Å². The first-order valence-electron chi connectivity index (χ1n) is 5.81. The molecule has 5 heteroatoms. The second-order valence-electron chi connectivity index (χ2n) is 4.40. The molecule has 2 unspecified atom stereocenters. The average Bonchev–Trinajstić information content (AvgIpc) is 2.36. The predicted molar refractivity (Wildman–Crippen MR) is 70.7 cm³/mol. The summed E-state index contributed by atoms with van der Waals surface area (Å²) in [6.45, 7) is 2.09. The zero-order valence-corrected chi connectivity index (χ0v) is 10.9. The Balaban J connectivity index is 2.42. The van der Waals surface area contributed by atoms with Crippen molar-refractivity contribution in [2.24, 2.45) is 0 Å². The Kier molecular flexibility index (Phi) is 3.61. The number of carboxylic acids is 1. The molecule has 1 heterocycles. The fourth-order valence-corrected chi connectivity index (χ4v) is 2.46. The number of fused-ring (bicyclic) bond motifs is 1. The Morgan fingerprint density at radius 1 is 1.44 bits per heavy atom. The van der Waals surface area contributed by atoms with Gasteiger partial charge in [-0.3, -0.25) is 4.79 Å². The lowest BCUT2D eigenvalue weighted by molar-refractivity contribution is -0.150. The molecular formula is C13H15NO3S. The third-order valence-corrected chi connectivity index (χ3v) is 3.38. The number of amides is 1. The van der Waals surface area contributed by atoms with Crippen LogP contribution < -0.4 is 0 Å². The quantitative estimate of drug-likeness (QED) is 0.797. The van der Waals surface area contributed by atoms with Crippen molar-refractivity contribution in [3.63, 3.8) is 0 Å². The molecular weight excluding hydrogens is 250 g/mol. The number of nitrogens with zero attached hydrogens (tertiary/aromatic N) is 1. The van der Waals surface area contributed by atoms with E-state index in [2.05, 4.69) is 12.6 Å². The van der Waals surface area contributed by atoms with Crippen LogP contribution in [0.1, 0.15) is 24.1 Å². The Labute approximate surface area is 111 Å². The van der Waals surface area contributed by atoms with Gasteiger partial charge in [-0.05, 0) is 24.5 Å². The van der Waals surface area contributed by atoms with Gasteiger partial charge in [0.15, 0.2) is 6.04 Å². The molecule has 1 aromatic carbocycles. The van der Waals surface area contributed by atoms with Gasteiger partial charge in [0.25, 0.3) is 0 Å². The molecule has 0 saturated heterocycles. The lowest BCUT2D eigenvalue weighted by Gasteiger charge is -2.35. The molecule has 1 aromatic rings. The van der Waals surface area contributed by atoms with E-state index < -0.39 is 17.3 Å². The molecule has 1 N–H and O–H groups in total. The molecule has 0 bridgehead atoms. The third kappa shape index (κ3) is 2.22. The van der Waals surface area contributed by atoms with Crippen LogP contribution in [0.25, 0.3) is 0 Å². The molecule has 0 saturated carbocycles. The number of hydrogen-bond acceptors (Lipinski definition) is 3. The van der Waals surface area contributed by atoms with Crippen molar-refractivity contribution in [1.82, 2.24) is 4.90 Å². The summed E-state index contributed by atoms with van der Waals surface area (Å²) in [6.07, 6.45) is 0.687.